The molecule has 0 spiro atoms. The molecule has 5 N–H and O–H groups in total. The molecular weight excluding hydrogens is 507 g/mol. The van der Waals surface area contributed by atoms with Crippen molar-refractivity contribution in [1.29, 1.82) is 0 Å². The van der Waals surface area contributed by atoms with E-state index in [0.717, 1.165) is 36.4 Å². The Kier molecular flexibility index (Phi) is 8.52. The van der Waals surface area contributed by atoms with Gasteiger partial charge in [0.15, 0.2) is 0 Å². The Morgan fingerprint density at radius 2 is 1.43 bits per heavy atom. The number of non-ortho nitro benzene ring substituents is 1. The second kappa shape index (κ2) is 11.6. The molecule has 11 nitrogen and oxygen atoms in total. The number of sulfonamides is 1. The predicted molar refractivity (Wildman–Crippen MR) is 131 cm³/mol. The first-order valence-electron chi connectivity index (χ1n) is 10.8. The molecule has 37 heavy (non-hydrogen) atoms. The van der Waals surface area contributed by atoms with Crippen LogP contribution in [-0.2, 0) is 32.5 Å². The Hall–Kier alpha value is -4.36. The molecule has 0 unspecified atom stereocenters. The number of amides is 1. The maximum absolute atomic E-state index is 13.2. The van der Waals surface area contributed by atoms with Crippen LogP contribution in [0.25, 0.3) is 0 Å². The van der Waals surface area contributed by atoms with Crippen molar-refractivity contribution < 1.29 is 32.4 Å². The number of benzene rings is 3. The van der Waals surface area contributed by atoms with Gasteiger partial charge in [0, 0.05) is 24.2 Å². The molecule has 13 heteroatoms. The summed E-state index contributed by atoms with van der Waals surface area (Å²) in [6, 6.07) is 12.5. The lowest BCUT2D eigenvalue weighted by atomic mass is 10.0. The van der Waals surface area contributed by atoms with Crippen molar-refractivity contribution >= 4 is 33.3 Å². The van der Waals surface area contributed by atoms with Crippen LogP contribution in [0.1, 0.15) is 11.1 Å². The van der Waals surface area contributed by atoms with E-state index >= 15 is 0 Å². The second-order valence-electron chi connectivity index (χ2n) is 8.10. The normalized spacial score (nSPS) is 12.9. The largest absolute Gasteiger partial charge is 0.480 e. The van der Waals surface area contributed by atoms with Crippen LogP contribution in [0.4, 0.5) is 15.8 Å². The third kappa shape index (κ3) is 7.56. The summed E-state index contributed by atoms with van der Waals surface area (Å²) in [5.74, 6) is -2.80. The van der Waals surface area contributed by atoms with Gasteiger partial charge in [-0.3, -0.25) is 14.9 Å². The van der Waals surface area contributed by atoms with Crippen molar-refractivity contribution in [3.8, 4) is 0 Å². The zero-order valence-electron chi connectivity index (χ0n) is 19.2. The first kappa shape index (κ1) is 27.2. The molecule has 0 heterocycles. The van der Waals surface area contributed by atoms with E-state index < -0.39 is 44.7 Å². The average molecular weight is 531 g/mol. The number of nitrogens with one attached hydrogen (secondary N) is 2. The molecule has 0 aliphatic heterocycles. The van der Waals surface area contributed by atoms with Gasteiger partial charge in [0.2, 0.25) is 15.9 Å². The van der Waals surface area contributed by atoms with Crippen LogP contribution in [0.15, 0.2) is 77.7 Å². The highest BCUT2D eigenvalue weighted by Crippen LogP contribution is 2.17. The van der Waals surface area contributed by atoms with Gasteiger partial charge in [-0.15, -0.1) is 0 Å². The van der Waals surface area contributed by atoms with Gasteiger partial charge in [0.25, 0.3) is 5.69 Å². The van der Waals surface area contributed by atoms with E-state index in [1.54, 1.807) is 24.3 Å². The van der Waals surface area contributed by atoms with Crippen LogP contribution >= 0.6 is 0 Å². The third-order valence-electron chi connectivity index (χ3n) is 5.36. The van der Waals surface area contributed by atoms with Gasteiger partial charge < -0.3 is 16.2 Å². The SMILES string of the molecule is Nc1ccc(C[C@H](NS(=O)(=O)c2ccc([N+](=O)[O-])cc2)C(=O)N[C@@H](Cc2ccc(F)cc2)C(=O)O)cc1. The Bertz CT molecular complexity index is 1380. The minimum absolute atomic E-state index is 0.152. The Morgan fingerprint density at radius 3 is 1.95 bits per heavy atom. The maximum atomic E-state index is 13.2. The number of hydrogen-bond acceptors (Lipinski definition) is 7. The molecule has 0 saturated heterocycles. The summed E-state index contributed by atoms with van der Waals surface area (Å²) in [4.78, 5) is 34.8. The van der Waals surface area contributed by atoms with Gasteiger partial charge in [0.1, 0.15) is 17.9 Å². The molecule has 0 aromatic heterocycles. The topological polar surface area (TPSA) is 182 Å². The molecule has 0 fully saturated rings. The summed E-state index contributed by atoms with van der Waals surface area (Å²) in [5, 5.41) is 22.8. The molecule has 0 bridgehead atoms. The fourth-order valence-electron chi connectivity index (χ4n) is 3.41. The summed E-state index contributed by atoms with van der Waals surface area (Å²) in [5.41, 5.74) is 6.78. The van der Waals surface area contributed by atoms with E-state index in [0.29, 0.717) is 16.8 Å². The summed E-state index contributed by atoms with van der Waals surface area (Å²) in [6.45, 7) is 0. The van der Waals surface area contributed by atoms with Crippen LogP contribution in [0.5, 0.6) is 0 Å². The number of aliphatic carboxylic acids is 1. The molecule has 0 aliphatic carbocycles. The number of carbonyl (C=O) groups is 2. The number of nitro benzene ring substituents is 1. The van der Waals surface area contributed by atoms with Gasteiger partial charge in [-0.1, -0.05) is 24.3 Å². The second-order valence-corrected chi connectivity index (χ2v) is 9.81. The van der Waals surface area contributed by atoms with Crippen LogP contribution in [0, 0.1) is 15.9 Å². The van der Waals surface area contributed by atoms with E-state index in [9.17, 15) is 37.6 Å². The minimum atomic E-state index is -4.34. The van der Waals surface area contributed by atoms with Crippen LogP contribution in [0.2, 0.25) is 0 Å². The fraction of sp³-hybridized carbons (Fsp3) is 0.167. The highest BCUT2D eigenvalue weighted by Gasteiger charge is 2.30. The number of rotatable bonds is 11. The van der Waals surface area contributed by atoms with Crippen LogP contribution < -0.4 is 15.8 Å². The monoisotopic (exact) mass is 530 g/mol. The quantitative estimate of drug-likeness (QED) is 0.165. The number of nitrogen functional groups attached to an aromatic ring is 1. The summed E-state index contributed by atoms with van der Waals surface area (Å²) in [6.07, 6.45) is -0.327. The number of halogens is 1. The van der Waals surface area contributed by atoms with Gasteiger partial charge in [-0.2, -0.15) is 4.72 Å². The lowest BCUT2D eigenvalue weighted by Crippen LogP contribution is -2.53. The number of anilines is 1. The fourth-order valence-corrected chi connectivity index (χ4v) is 4.60. The number of nitrogens with zero attached hydrogens (tertiary/aromatic N) is 1. The van der Waals surface area contributed by atoms with Crippen LogP contribution in [-0.4, -0.2) is 42.4 Å². The molecule has 194 valence electrons. The van der Waals surface area contributed by atoms with Gasteiger partial charge >= 0.3 is 5.97 Å². The predicted octanol–water partition coefficient (Wildman–Crippen LogP) is 2.02. The Balaban J connectivity index is 1.86. The molecule has 3 aromatic carbocycles. The Morgan fingerprint density at radius 1 is 0.919 bits per heavy atom. The standard InChI is InChI=1S/C24H23FN4O7S/c25-17-5-1-15(2-6-17)14-22(24(31)32)27-23(30)21(13-16-3-7-18(26)8-4-16)28-37(35,36)20-11-9-19(10-12-20)29(33)34/h1-12,21-22,28H,13-14,26H2,(H,27,30)(H,31,32)/t21-,22-/m0/s1. The molecule has 0 radical (unpaired) electrons. The number of nitrogens with two attached hydrogens (primary N) is 1. The van der Waals surface area contributed by atoms with E-state index in [1.165, 1.54) is 12.1 Å². The van der Waals surface area contributed by atoms with E-state index in [-0.39, 0.29) is 23.4 Å². The minimum Gasteiger partial charge on any atom is -0.480 e. The third-order valence-corrected chi connectivity index (χ3v) is 6.85. The zero-order chi connectivity index (χ0) is 27.2. The smallest absolute Gasteiger partial charge is 0.326 e. The van der Waals surface area contributed by atoms with Crippen molar-refractivity contribution in [3.63, 3.8) is 0 Å². The number of carboxylic acids is 1. The summed E-state index contributed by atoms with van der Waals surface area (Å²) in [7, 11) is -4.34. The first-order valence-corrected chi connectivity index (χ1v) is 12.3. The molecule has 0 aliphatic rings. The zero-order valence-corrected chi connectivity index (χ0v) is 20.0. The van der Waals surface area contributed by atoms with Gasteiger partial charge in [-0.05, 0) is 53.9 Å². The molecule has 3 rings (SSSR count). The van der Waals surface area contributed by atoms with E-state index in [4.69, 9.17) is 5.73 Å². The van der Waals surface area contributed by atoms with Crippen molar-refractivity contribution in [2.24, 2.45) is 0 Å². The highest BCUT2D eigenvalue weighted by molar-refractivity contribution is 7.89. The van der Waals surface area contributed by atoms with Gasteiger partial charge in [-0.25, -0.2) is 17.6 Å². The summed E-state index contributed by atoms with van der Waals surface area (Å²) >= 11 is 0. The highest BCUT2D eigenvalue weighted by atomic mass is 32.2. The van der Waals surface area contributed by atoms with E-state index in [1.807, 2.05) is 0 Å². The number of hydrogen-bond donors (Lipinski definition) is 4. The van der Waals surface area contributed by atoms with Crippen molar-refractivity contribution in [3.05, 3.63) is 99.9 Å². The van der Waals surface area contributed by atoms with Crippen molar-refractivity contribution in [2.45, 2.75) is 29.8 Å². The van der Waals surface area contributed by atoms with Crippen molar-refractivity contribution in [2.75, 3.05) is 5.73 Å². The van der Waals surface area contributed by atoms with Crippen LogP contribution in [0.3, 0.4) is 0 Å². The van der Waals surface area contributed by atoms with Gasteiger partial charge in [0.05, 0.1) is 9.82 Å². The van der Waals surface area contributed by atoms with E-state index in [2.05, 4.69) is 10.0 Å². The number of carboxylic acid groups (broad SMARTS) is 1. The summed E-state index contributed by atoms with van der Waals surface area (Å²) < 4.78 is 41.4. The molecule has 2 atom stereocenters. The van der Waals surface area contributed by atoms with Crippen molar-refractivity contribution in [1.82, 2.24) is 10.0 Å². The molecule has 3 aromatic rings. The molecular formula is C24H23FN4O7S. The molecule has 0 saturated carbocycles. The average Bonchev–Trinajstić information content (AvgIpc) is 2.85. The lowest BCUT2D eigenvalue weighted by molar-refractivity contribution is -0.384. The number of carbonyl (C=O) groups excluding carboxylic acids is 1. The lowest BCUT2D eigenvalue weighted by Gasteiger charge is -2.22. The molecule has 1 amide bonds. The number of nitro groups is 1. The first-order chi connectivity index (χ1) is 17.4. The Labute approximate surface area is 211 Å². The maximum Gasteiger partial charge on any atom is 0.326 e.